The van der Waals surface area contributed by atoms with Crippen LogP contribution in [-0.2, 0) is 20.9 Å². The number of hydrogen-bond donors (Lipinski definition) is 1. The summed E-state index contributed by atoms with van der Waals surface area (Å²) in [6.45, 7) is 5.69. The Morgan fingerprint density at radius 1 is 1.07 bits per heavy atom. The molecule has 2 aromatic carbocycles. The fourth-order valence-electron chi connectivity index (χ4n) is 3.21. The summed E-state index contributed by atoms with van der Waals surface area (Å²) >= 11 is 0. The van der Waals surface area contributed by atoms with Gasteiger partial charge in [-0.3, -0.25) is 4.90 Å². The molecule has 0 saturated carbocycles. The van der Waals surface area contributed by atoms with E-state index in [2.05, 4.69) is 0 Å². The molecule has 1 aliphatic rings. The molecule has 1 fully saturated rings. The molecular formula is C23H27NO6. The third kappa shape index (κ3) is 5.97. The quantitative estimate of drug-likeness (QED) is 0.753. The van der Waals surface area contributed by atoms with E-state index in [1.54, 1.807) is 20.8 Å². The molecule has 0 radical (unpaired) electrons. The number of benzene rings is 2. The van der Waals surface area contributed by atoms with E-state index in [-0.39, 0.29) is 19.6 Å². The molecule has 2 aromatic rings. The smallest absolute Gasteiger partial charge is 0.411 e. The number of carboxylic acid groups (broad SMARTS) is 1. The van der Waals surface area contributed by atoms with E-state index in [9.17, 15) is 14.7 Å². The lowest BCUT2D eigenvalue weighted by Crippen LogP contribution is -2.43. The fraction of sp³-hybridized carbons (Fsp3) is 0.391. The van der Waals surface area contributed by atoms with Crippen molar-refractivity contribution in [2.24, 2.45) is 0 Å². The number of rotatable bonds is 6. The van der Waals surface area contributed by atoms with Gasteiger partial charge in [-0.15, -0.1) is 0 Å². The lowest BCUT2D eigenvalue weighted by atomic mass is 10.2. The van der Waals surface area contributed by atoms with Crippen LogP contribution in [0.2, 0.25) is 0 Å². The van der Waals surface area contributed by atoms with E-state index in [1.807, 2.05) is 54.6 Å². The molecule has 1 amide bonds. The summed E-state index contributed by atoms with van der Waals surface area (Å²) in [5.74, 6) is 0.362. The van der Waals surface area contributed by atoms with Crippen molar-refractivity contribution in [3.8, 4) is 11.5 Å². The van der Waals surface area contributed by atoms with Gasteiger partial charge in [0.2, 0.25) is 0 Å². The van der Waals surface area contributed by atoms with E-state index in [0.29, 0.717) is 5.75 Å². The Morgan fingerprint density at radius 3 is 2.43 bits per heavy atom. The Hall–Kier alpha value is -3.06. The van der Waals surface area contributed by atoms with Crippen molar-refractivity contribution in [2.75, 3.05) is 6.54 Å². The number of amides is 1. The van der Waals surface area contributed by atoms with Crippen molar-refractivity contribution in [3.05, 3.63) is 60.2 Å². The largest absolute Gasteiger partial charge is 0.480 e. The van der Waals surface area contributed by atoms with Gasteiger partial charge in [0, 0.05) is 6.42 Å². The van der Waals surface area contributed by atoms with Gasteiger partial charge >= 0.3 is 12.1 Å². The number of carbonyl (C=O) groups excluding carboxylic acids is 1. The van der Waals surface area contributed by atoms with Crippen LogP contribution in [0.15, 0.2) is 54.6 Å². The normalized spacial score (nSPS) is 18.8. The third-order valence-corrected chi connectivity index (χ3v) is 4.54. The highest BCUT2D eigenvalue weighted by atomic mass is 16.6. The zero-order valence-electron chi connectivity index (χ0n) is 17.4. The summed E-state index contributed by atoms with van der Waals surface area (Å²) in [6.07, 6.45) is -0.814. The SMILES string of the molecule is CC(C)(C)OC(=O)N1C[C@H](OCc2cccc(Oc3ccccc3)c2)C[C@@H]1C(=O)O. The number of aliphatic carboxylic acids is 1. The highest BCUT2D eigenvalue weighted by Gasteiger charge is 2.42. The molecule has 2 atom stereocenters. The van der Waals surface area contributed by atoms with E-state index in [0.717, 1.165) is 11.3 Å². The molecule has 160 valence electrons. The Balaban J connectivity index is 1.60. The molecule has 1 saturated heterocycles. The number of nitrogens with zero attached hydrogens (tertiary/aromatic N) is 1. The second-order valence-corrected chi connectivity index (χ2v) is 8.22. The Kier molecular flexibility index (Phi) is 6.62. The van der Waals surface area contributed by atoms with Crippen molar-refractivity contribution >= 4 is 12.1 Å². The van der Waals surface area contributed by atoms with Gasteiger partial charge in [0.15, 0.2) is 0 Å². The first-order valence-corrected chi connectivity index (χ1v) is 9.87. The van der Waals surface area contributed by atoms with Crippen LogP contribution in [0.3, 0.4) is 0 Å². The van der Waals surface area contributed by atoms with E-state index < -0.39 is 29.8 Å². The fourth-order valence-corrected chi connectivity index (χ4v) is 3.21. The average molecular weight is 413 g/mol. The maximum Gasteiger partial charge on any atom is 0.411 e. The first kappa shape index (κ1) is 21.6. The van der Waals surface area contributed by atoms with Crippen LogP contribution in [0.25, 0.3) is 0 Å². The summed E-state index contributed by atoms with van der Waals surface area (Å²) in [4.78, 5) is 25.2. The average Bonchev–Trinajstić information content (AvgIpc) is 3.11. The molecule has 0 bridgehead atoms. The van der Waals surface area contributed by atoms with Crippen LogP contribution in [0.1, 0.15) is 32.8 Å². The molecule has 1 heterocycles. The Labute approximate surface area is 176 Å². The van der Waals surface area contributed by atoms with Crippen LogP contribution < -0.4 is 4.74 Å². The van der Waals surface area contributed by atoms with Crippen LogP contribution in [0.5, 0.6) is 11.5 Å². The van der Waals surface area contributed by atoms with Gasteiger partial charge in [-0.1, -0.05) is 30.3 Å². The maximum atomic E-state index is 12.4. The van der Waals surface area contributed by atoms with Crippen LogP contribution in [0, 0.1) is 0 Å². The minimum Gasteiger partial charge on any atom is -0.480 e. The first-order valence-electron chi connectivity index (χ1n) is 9.87. The minimum absolute atomic E-state index is 0.173. The number of carboxylic acids is 1. The highest BCUT2D eigenvalue weighted by molar-refractivity contribution is 5.81. The third-order valence-electron chi connectivity index (χ3n) is 4.54. The van der Waals surface area contributed by atoms with Crippen molar-refractivity contribution in [2.45, 2.75) is 51.5 Å². The predicted octanol–water partition coefficient (Wildman–Crippen LogP) is 4.46. The van der Waals surface area contributed by atoms with Gasteiger partial charge in [0.25, 0.3) is 0 Å². The molecule has 0 aliphatic carbocycles. The highest BCUT2D eigenvalue weighted by Crippen LogP contribution is 2.26. The molecule has 1 aliphatic heterocycles. The van der Waals surface area contributed by atoms with Crippen molar-refractivity contribution in [1.29, 1.82) is 0 Å². The molecule has 3 rings (SSSR count). The van der Waals surface area contributed by atoms with Gasteiger partial charge in [-0.05, 0) is 50.6 Å². The van der Waals surface area contributed by atoms with Crippen molar-refractivity contribution in [1.82, 2.24) is 4.90 Å². The molecule has 0 unspecified atom stereocenters. The molecule has 7 heteroatoms. The van der Waals surface area contributed by atoms with Crippen molar-refractivity contribution < 1.29 is 28.9 Å². The maximum absolute atomic E-state index is 12.4. The number of likely N-dealkylation sites (tertiary alicyclic amines) is 1. The lowest BCUT2D eigenvalue weighted by molar-refractivity contribution is -0.142. The number of para-hydroxylation sites is 1. The van der Waals surface area contributed by atoms with Gasteiger partial charge in [0.05, 0.1) is 19.3 Å². The van der Waals surface area contributed by atoms with Crippen LogP contribution >= 0.6 is 0 Å². The number of ether oxygens (including phenoxy) is 3. The second-order valence-electron chi connectivity index (χ2n) is 8.22. The van der Waals surface area contributed by atoms with Crippen molar-refractivity contribution in [3.63, 3.8) is 0 Å². The molecular weight excluding hydrogens is 386 g/mol. The molecule has 7 nitrogen and oxygen atoms in total. The van der Waals surface area contributed by atoms with Crippen LogP contribution in [0.4, 0.5) is 4.79 Å². The first-order chi connectivity index (χ1) is 14.2. The summed E-state index contributed by atoms with van der Waals surface area (Å²) in [6, 6.07) is 16.0. The standard InChI is InChI=1S/C23H27NO6/c1-23(2,3)30-22(27)24-14-19(13-20(24)21(25)26)28-15-16-8-7-11-18(12-16)29-17-9-5-4-6-10-17/h4-12,19-20H,13-15H2,1-3H3,(H,25,26)/t19-,20-/m1/s1. The van der Waals surface area contributed by atoms with Gasteiger partial charge < -0.3 is 19.3 Å². The minimum atomic E-state index is -1.06. The second kappa shape index (κ2) is 9.17. The molecule has 30 heavy (non-hydrogen) atoms. The summed E-state index contributed by atoms with van der Waals surface area (Å²) < 4.78 is 17.1. The number of hydrogen-bond acceptors (Lipinski definition) is 5. The monoisotopic (exact) mass is 413 g/mol. The Morgan fingerprint density at radius 2 is 1.77 bits per heavy atom. The van der Waals surface area contributed by atoms with Gasteiger partial charge in [-0.25, -0.2) is 9.59 Å². The predicted molar refractivity (Wildman–Crippen MR) is 111 cm³/mol. The summed E-state index contributed by atoms with van der Waals surface area (Å²) in [7, 11) is 0. The summed E-state index contributed by atoms with van der Waals surface area (Å²) in [5.41, 5.74) is 0.198. The zero-order chi connectivity index (χ0) is 21.7. The molecule has 0 aromatic heterocycles. The number of carbonyl (C=O) groups is 2. The molecule has 1 N–H and O–H groups in total. The summed E-state index contributed by atoms with van der Waals surface area (Å²) in [5, 5.41) is 9.49. The lowest BCUT2D eigenvalue weighted by Gasteiger charge is -2.26. The van der Waals surface area contributed by atoms with Crippen LogP contribution in [-0.4, -0.2) is 46.4 Å². The van der Waals surface area contributed by atoms with E-state index in [4.69, 9.17) is 14.2 Å². The van der Waals surface area contributed by atoms with E-state index >= 15 is 0 Å². The molecule has 0 spiro atoms. The Bertz CT molecular complexity index is 877. The topological polar surface area (TPSA) is 85.3 Å². The van der Waals surface area contributed by atoms with Gasteiger partial charge in [-0.2, -0.15) is 0 Å². The van der Waals surface area contributed by atoms with E-state index in [1.165, 1.54) is 4.90 Å². The zero-order valence-corrected chi connectivity index (χ0v) is 17.4. The van der Waals surface area contributed by atoms with Gasteiger partial charge in [0.1, 0.15) is 23.1 Å².